The molecule has 0 aliphatic rings. The lowest BCUT2D eigenvalue weighted by Crippen LogP contribution is -2.43. The van der Waals surface area contributed by atoms with Crippen molar-refractivity contribution in [2.24, 2.45) is 13.0 Å². The van der Waals surface area contributed by atoms with Crippen molar-refractivity contribution in [1.29, 1.82) is 0 Å². The number of hydrogen-bond donors (Lipinski definition) is 1. The average Bonchev–Trinajstić information content (AvgIpc) is 2.61. The molecule has 2 aromatic rings. The minimum atomic E-state index is -0.831. The Morgan fingerprint density at radius 1 is 1.30 bits per heavy atom. The average molecular weight is 439 g/mol. The lowest BCUT2D eigenvalue weighted by molar-refractivity contribution is 0.0473. The molecular formula is C17H19BrN4O5. The van der Waals surface area contributed by atoms with E-state index in [-0.39, 0.29) is 29.4 Å². The molecule has 0 aliphatic heterocycles. The van der Waals surface area contributed by atoms with Crippen LogP contribution in [-0.4, -0.2) is 32.5 Å². The van der Waals surface area contributed by atoms with E-state index < -0.39 is 29.6 Å². The van der Waals surface area contributed by atoms with Crippen molar-refractivity contribution in [3.63, 3.8) is 0 Å². The number of nitrogens with zero attached hydrogens (tertiary/aromatic N) is 3. The van der Waals surface area contributed by atoms with Crippen molar-refractivity contribution in [3.05, 3.63) is 54.9 Å². The van der Waals surface area contributed by atoms with Gasteiger partial charge in [0.15, 0.2) is 6.61 Å². The maximum Gasteiger partial charge on any atom is 0.340 e. The molecule has 0 amide bonds. The van der Waals surface area contributed by atoms with Gasteiger partial charge in [0.1, 0.15) is 11.4 Å². The van der Waals surface area contributed by atoms with Crippen molar-refractivity contribution in [3.8, 4) is 0 Å². The first-order valence-corrected chi connectivity index (χ1v) is 8.83. The topological polar surface area (TPSA) is 126 Å². The van der Waals surface area contributed by atoms with Crippen molar-refractivity contribution in [2.75, 3.05) is 12.3 Å². The Bertz CT molecular complexity index is 1010. The van der Waals surface area contributed by atoms with Crippen LogP contribution in [0.2, 0.25) is 0 Å². The molecule has 27 heavy (non-hydrogen) atoms. The minimum Gasteiger partial charge on any atom is -0.454 e. The quantitative estimate of drug-likeness (QED) is 0.525. The maximum atomic E-state index is 12.5. The first-order valence-electron chi connectivity index (χ1n) is 8.03. The van der Waals surface area contributed by atoms with Gasteiger partial charge in [-0.3, -0.25) is 23.7 Å². The zero-order chi connectivity index (χ0) is 20.3. The third-order valence-electron chi connectivity index (χ3n) is 3.68. The lowest BCUT2D eigenvalue weighted by Gasteiger charge is -2.16. The molecule has 2 N–H and O–H groups in total. The molecule has 10 heteroatoms. The Balaban J connectivity index is 2.31. The molecule has 2 heterocycles. The predicted molar refractivity (Wildman–Crippen MR) is 102 cm³/mol. The number of halogens is 1. The molecule has 0 spiro atoms. The first kappa shape index (κ1) is 20.6. The summed E-state index contributed by atoms with van der Waals surface area (Å²) in [7, 11) is 1.26. The van der Waals surface area contributed by atoms with Gasteiger partial charge in [0.05, 0.1) is 5.56 Å². The molecule has 0 radical (unpaired) electrons. The van der Waals surface area contributed by atoms with Gasteiger partial charge in [-0.2, -0.15) is 0 Å². The molecule has 2 aromatic heterocycles. The van der Waals surface area contributed by atoms with Gasteiger partial charge in [-0.05, 0) is 27.9 Å². The van der Waals surface area contributed by atoms with Gasteiger partial charge in [0.2, 0.25) is 5.78 Å². The fraction of sp³-hybridized carbons (Fsp3) is 0.353. The van der Waals surface area contributed by atoms with Crippen LogP contribution in [0.4, 0.5) is 5.82 Å². The van der Waals surface area contributed by atoms with Gasteiger partial charge in [-0.1, -0.05) is 13.8 Å². The third-order valence-corrected chi connectivity index (χ3v) is 4.12. The van der Waals surface area contributed by atoms with Crippen LogP contribution in [0, 0.1) is 5.92 Å². The number of Topliss-reactive ketones (excluding diaryl/α,β-unsaturated/α-hetero) is 1. The molecule has 9 nitrogen and oxygen atoms in total. The SMILES string of the molecule is CC(C)Cn1c(N)c(C(=O)COC(=O)c2cncc(Br)c2)c(=O)n(C)c1=O. The van der Waals surface area contributed by atoms with E-state index >= 15 is 0 Å². The van der Waals surface area contributed by atoms with Crippen LogP contribution >= 0.6 is 15.9 Å². The second-order valence-electron chi connectivity index (χ2n) is 6.30. The summed E-state index contributed by atoms with van der Waals surface area (Å²) >= 11 is 3.18. The van der Waals surface area contributed by atoms with E-state index in [0.717, 1.165) is 4.57 Å². The highest BCUT2D eigenvalue weighted by atomic mass is 79.9. The molecule has 2 rings (SSSR count). The molecule has 0 saturated carbocycles. The Morgan fingerprint density at radius 3 is 2.56 bits per heavy atom. The molecular weight excluding hydrogens is 420 g/mol. The number of nitrogen functional groups attached to an aromatic ring is 1. The summed E-state index contributed by atoms with van der Waals surface area (Å²) < 4.78 is 7.51. The molecule has 0 aliphatic carbocycles. The van der Waals surface area contributed by atoms with Crippen LogP contribution in [0.5, 0.6) is 0 Å². The number of anilines is 1. The smallest absolute Gasteiger partial charge is 0.340 e. The summed E-state index contributed by atoms with van der Waals surface area (Å²) in [5.74, 6) is -1.74. The highest BCUT2D eigenvalue weighted by Crippen LogP contribution is 2.12. The van der Waals surface area contributed by atoms with Crippen molar-refractivity contribution in [1.82, 2.24) is 14.1 Å². The number of rotatable bonds is 6. The summed E-state index contributed by atoms with van der Waals surface area (Å²) in [5, 5.41) is 0. The van der Waals surface area contributed by atoms with E-state index in [1.54, 1.807) is 0 Å². The molecule has 0 atom stereocenters. The number of ketones is 1. The number of aromatic nitrogens is 3. The predicted octanol–water partition coefficient (Wildman–Crippen LogP) is 0.982. The van der Waals surface area contributed by atoms with Crippen LogP contribution in [0.3, 0.4) is 0 Å². The van der Waals surface area contributed by atoms with Crippen LogP contribution in [0.1, 0.15) is 34.6 Å². The summed E-state index contributed by atoms with van der Waals surface area (Å²) in [6.07, 6.45) is 2.78. The summed E-state index contributed by atoms with van der Waals surface area (Å²) in [5.41, 5.74) is 4.24. The van der Waals surface area contributed by atoms with Crippen LogP contribution in [0.15, 0.2) is 32.5 Å². The molecule has 0 saturated heterocycles. The van der Waals surface area contributed by atoms with Crippen LogP contribution in [-0.2, 0) is 18.3 Å². The Labute approximate surface area is 162 Å². The molecule has 0 fully saturated rings. The van der Waals surface area contributed by atoms with E-state index in [1.807, 2.05) is 13.8 Å². The zero-order valence-corrected chi connectivity index (χ0v) is 16.6. The van der Waals surface area contributed by atoms with Gasteiger partial charge in [0.25, 0.3) is 5.56 Å². The monoisotopic (exact) mass is 438 g/mol. The van der Waals surface area contributed by atoms with E-state index in [4.69, 9.17) is 10.5 Å². The number of pyridine rings is 1. The van der Waals surface area contributed by atoms with Gasteiger partial charge < -0.3 is 10.5 Å². The third kappa shape index (κ3) is 4.51. The van der Waals surface area contributed by atoms with E-state index in [9.17, 15) is 19.2 Å². The van der Waals surface area contributed by atoms with Gasteiger partial charge in [-0.15, -0.1) is 0 Å². The first-order chi connectivity index (χ1) is 12.6. The van der Waals surface area contributed by atoms with Crippen molar-refractivity contribution >= 4 is 33.5 Å². The second-order valence-corrected chi connectivity index (χ2v) is 7.22. The second kappa shape index (κ2) is 8.30. The van der Waals surface area contributed by atoms with Gasteiger partial charge >= 0.3 is 11.7 Å². The van der Waals surface area contributed by atoms with E-state index in [2.05, 4.69) is 20.9 Å². The van der Waals surface area contributed by atoms with Crippen LogP contribution in [0.25, 0.3) is 0 Å². The van der Waals surface area contributed by atoms with Crippen molar-refractivity contribution < 1.29 is 14.3 Å². The van der Waals surface area contributed by atoms with Crippen molar-refractivity contribution in [2.45, 2.75) is 20.4 Å². The largest absolute Gasteiger partial charge is 0.454 e. The number of ether oxygens (including phenoxy) is 1. The summed E-state index contributed by atoms with van der Waals surface area (Å²) in [6, 6.07) is 1.48. The maximum absolute atomic E-state index is 12.5. The van der Waals surface area contributed by atoms with E-state index in [0.29, 0.717) is 4.47 Å². The summed E-state index contributed by atoms with van der Waals surface area (Å²) in [6.45, 7) is 3.28. The molecule has 0 bridgehead atoms. The fourth-order valence-electron chi connectivity index (χ4n) is 2.40. The van der Waals surface area contributed by atoms with Gasteiger partial charge in [0, 0.05) is 30.5 Å². The molecule has 0 unspecified atom stereocenters. The number of carbonyl (C=O) groups is 2. The number of carbonyl (C=O) groups excluding carboxylic acids is 2. The number of esters is 1. The Hall–Kier alpha value is -2.75. The standard InChI is InChI=1S/C17H19BrN4O5/c1-9(2)7-22-14(19)13(15(24)21(3)17(22)26)12(23)8-27-16(25)10-4-11(18)6-20-5-10/h4-6,9H,7-8,19H2,1-3H3. The lowest BCUT2D eigenvalue weighted by atomic mass is 10.1. The Morgan fingerprint density at radius 2 is 1.96 bits per heavy atom. The number of hydrogen-bond acceptors (Lipinski definition) is 7. The minimum absolute atomic E-state index is 0.0623. The van der Waals surface area contributed by atoms with Crippen LogP contribution < -0.4 is 17.0 Å². The highest BCUT2D eigenvalue weighted by molar-refractivity contribution is 9.10. The fourth-order valence-corrected chi connectivity index (χ4v) is 2.76. The zero-order valence-electron chi connectivity index (χ0n) is 15.1. The molecule has 0 aromatic carbocycles. The highest BCUT2D eigenvalue weighted by Gasteiger charge is 2.23. The molecule has 144 valence electrons. The normalized spacial score (nSPS) is 10.9. The summed E-state index contributed by atoms with van der Waals surface area (Å²) in [4.78, 5) is 52.9. The Kier molecular flexibility index (Phi) is 6.32. The number of nitrogens with two attached hydrogens (primary N) is 1. The van der Waals surface area contributed by atoms with Gasteiger partial charge in [-0.25, -0.2) is 9.59 Å². The van der Waals surface area contributed by atoms with E-state index in [1.165, 1.54) is 30.1 Å².